The predicted molar refractivity (Wildman–Crippen MR) is 87.1 cm³/mol. The normalized spacial score (nSPS) is 10.8. The van der Waals surface area contributed by atoms with E-state index in [-0.39, 0.29) is 5.91 Å². The highest BCUT2D eigenvalue weighted by Crippen LogP contribution is 2.18. The molecule has 2 aromatic carbocycles. The quantitative estimate of drug-likeness (QED) is 0.778. The number of nitrogens with one attached hydrogen (secondary N) is 1. The van der Waals surface area contributed by atoms with Crippen LogP contribution in [0.15, 0.2) is 46.9 Å². The summed E-state index contributed by atoms with van der Waals surface area (Å²) in [5, 5.41) is 3.44. The van der Waals surface area contributed by atoms with Crippen LogP contribution in [0.4, 0.5) is 5.69 Å². The molecule has 0 bridgehead atoms. The Morgan fingerprint density at radius 2 is 2.14 bits per heavy atom. The third-order valence-electron chi connectivity index (χ3n) is 3.31. The fourth-order valence-corrected chi connectivity index (χ4v) is 2.48. The largest absolute Gasteiger partial charge is 0.441 e. The number of rotatable bonds is 4. The SMILES string of the molecule is Cc1nc2cc(CCC(=O)Nc3cccc(Cl)c3)ccc2o1. The number of aryl methyl sites for hydroxylation is 2. The highest BCUT2D eigenvalue weighted by Gasteiger charge is 2.06. The van der Waals surface area contributed by atoms with Crippen LogP contribution in [0.1, 0.15) is 17.9 Å². The third-order valence-corrected chi connectivity index (χ3v) is 3.54. The van der Waals surface area contributed by atoms with Gasteiger partial charge in [0.25, 0.3) is 0 Å². The standard InChI is InChI=1S/C17H15ClN2O2/c1-11-19-15-9-12(5-7-16(15)22-11)6-8-17(21)20-14-4-2-3-13(18)10-14/h2-5,7,9-10H,6,8H2,1H3,(H,20,21). The van der Waals surface area contributed by atoms with Gasteiger partial charge in [-0.15, -0.1) is 0 Å². The lowest BCUT2D eigenvalue weighted by Crippen LogP contribution is -2.12. The molecule has 0 saturated heterocycles. The Morgan fingerprint density at radius 1 is 1.27 bits per heavy atom. The first-order chi connectivity index (χ1) is 10.6. The molecule has 3 aromatic rings. The zero-order valence-electron chi connectivity index (χ0n) is 12.1. The number of amides is 1. The number of carbonyl (C=O) groups excluding carboxylic acids is 1. The molecule has 4 nitrogen and oxygen atoms in total. The van der Waals surface area contributed by atoms with E-state index in [1.54, 1.807) is 18.2 Å². The van der Waals surface area contributed by atoms with Crippen molar-refractivity contribution in [2.24, 2.45) is 0 Å². The Morgan fingerprint density at radius 3 is 2.95 bits per heavy atom. The summed E-state index contributed by atoms with van der Waals surface area (Å²) in [6.07, 6.45) is 1.04. The van der Waals surface area contributed by atoms with Crippen molar-refractivity contribution in [2.75, 3.05) is 5.32 Å². The monoisotopic (exact) mass is 314 g/mol. The van der Waals surface area contributed by atoms with Crippen molar-refractivity contribution in [1.82, 2.24) is 4.98 Å². The van der Waals surface area contributed by atoms with Crippen LogP contribution in [-0.2, 0) is 11.2 Å². The second-order valence-electron chi connectivity index (χ2n) is 5.09. The summed E-state index contributed by atoms with van der Waals surface area (Å²) in [5.41, 5.74) is 3.36. The number of anilines is 1. The summed E-state index contributed by atoms with van der Waals surface area (Å²) in [4.78, 5) is 16.3. The molecule has 22 heavy (non-hydrogen) atoms. The zero-order chi connectivity index (χ0) is 15.5. The summed E-state index contributed by atoms with van der Waals surface area (Å²) in [6.45, 7) is 1.82. The van der Waals surface area contributed by atoms with Gasteiger partial charge in [-0.3, -0.25) is 4.79 Å². The molecule has 0 saturated carbocycles. The molecule has 0 aliphatic heterocycles. The number of hydrogen-bond donors (Lipinski definition) is 1. The van der Waals surface area contributed by atoms with Gasteiger partial charge < -0.3 is 9.73 Å². The number of oxazole rings is 1. The molecular weight excluding hydrogens is 300 g/mol. The Balaban J connectivity index is 1.62. The highest BCUT2D eigenvalue weighted by atomic mass is 35.5. The lowest BCUT2D eigenvalue weighted by atomic mass is 10.1. The first-order valence-electron chi connectivity index (χ1n) is 7.02. The van der Waals surface area contributed by atoms with Crippen molar-refractivity contribution in [3.05, 3.63) is 58.9 Å². The van der Waals surface area contributed by atoms with Crippen LogP contribution < -0.4 is 5.32 Å². The van der Waals surface area contributed by atoms with Crippen LogP contribution in [0, 0.1) is 6.92 Å². The minimum atomic E-state index is -0.0429. The number of fused-ring (bicyclic) bond motifs is 1. The number of nitrogens with zero attached hydrogens (tertiary/aromatic N) is 1. The molecule has 0 unspecified atom stereocenters. The van der Waals surface area contributed by atoms with Crippen LogP contribution >= 0.6 is 11.6 Å². The van der Waals surface area contributed by atoms with Gasteiger partial charge in [-0.1, -0.05) is 23.7 Å². The first kappa shape index (κ1) is 14.6. The van der Waals surface area contributed by atoms with Gasteiger partial charge in [0.15, 0.2) is 11.5 Å². The van der Waals surface area contributed by atoms with E-state index in [2.05, 4.69) is 10.3 Å². The maximum Gasteiger partial charge on any atom is 0.224 e. The van der Waals surface area contributed by atoms with Gasteiger partial charge in [0.1, 0.15) is 5.52 Å². The molecule has 112 valence electrons. The van der Waals surface area contributed by atoms with Crippen LogP contribution in [0.3, 0.4) is 0 Å². The smallest absolute Gasteiger partial charge is 0.224 e. The van der Waals surface area contributed by atoms with Gasteiger partial charge in [0.05, 0.1) is 0 Å². The lowest BCUT2D eigenvalue weighted by Gasteiger charge is -2.05. The minimum Gasteiger partial charge on any atom is -0.441 e. The van der Waals surface area contributed by atoms with E-state index in [0.29, 0.717) is 29.4 Å². The molecule has 0 atom stereocenters. The van der Waals surface area contributed by atoms with Gasteiger partial charge in [-0.05, 0) is 42.3 Å². The molecule has 0 fully saturated rings. The summed E-state index contributed by atoms with van der Waals surface area (Å²) in [7, 11) is 0. The maximum atomic E-state index is 12.0. The fraction of sp³-hybridized carbons (Fsp3) is 0.176. The number of hydrogen-bond acceptors (Lipinski definition) is 3. The molecule has 0 aliphatic rings. The Bertz CT molecular complexity index is 826. The van der Waals surface area contributed by atoms with E-state index >= 15 is 0 Å². The average Bonchev–Trinajstić information content (AvgIpc) is 2.84. The molecule has 1 N–H and O–H groups in total. The van der Waals surface area contributed by atoms with Crippen molar-refractivity contribution < 1.29 is 9.21 Å². The van der Waals surface area contributed by atoms with Gasteiger partial charge in [-0.25, -0.2) is 4.98 Å². The number of halogens is 1. The second kappa shape index (κ2) is 6.20. The number of aromatic nitrogens is 1. The minimum absolute atomic E-state index is 0.0429. The summed E-state index contributed by atoms with van der Waals surface area (Å²) in [5.74, 6) is 0.601. The number of benzene rings is 2. The van der Waals surface area contributed by atoms with Crippen molar-refractivity contribution in [3.8, 4) is 0 Å². The van der Waals surface area contributed by atoms with Crippen molar-refractivity contribution in [1.29, 1.82) is 0 Å². The lowest BCUT2D eigenvalue weighted by molar-refractivity contribution is -0.116. The molecule has 3 rings (SSSR count). The number of carbonyl (C=O) groups is 1. The van der Waals surface area contributed by atoms with Crippen LogP contribution in [0.5, 0.6) is 0 Å². The van der Waals surface area contributed by atoms with Crippen LogP contribution in [-0.4, -0.2) is 10.9 Å². The molecular formula is C17H15ClN2O2. The van der Waals surface area contributed by atoms with E-state index in [9.17, 15) is 4.79 Å². The zero-order valence-corrected chi connectivity index (χ0v) is 12.9. The van der Waals surface area contributed by atoms with Gasteiger partial charge in [0.2, 0.25) is 5.91 Å². The van der Waals surface area contributed by atoms with Gasteiger partial charge >= 0.3 is 0 Å². The van der Waals surface area contributed by atoms with E-state index in [1.807, 2.05) is 31.2 Å². The van der Waals surface area contributed by atoms with E-state index in [1.165, 1.54) is 0 Å². The average molecular weight is 315 g/mol. The Kier molecular flexibility index (Phi) is 4.11. The topological polar surface area (TPSA) is 55.1 Å². The van der Waals surface area contributed by atoms with Crippen molar-refractivity contribution >= 4 is 34.3 Å². The molecule has 0 spiro atoms. The maximum absolute atomic E-state index is 12.0. The molecule has 0 radical (unpaired) electrons. The third kappa shape index (κ3) is 3.46. The van der Waals surface area contributed by atoms with E-state index in [0.717, 1.165) is 16.7 Å². The van der Waals surface area contributed by atoms with Crippen LogP contribution in [0.2, 0.25) is 5.02 Å². The van der Waals surface area contributed by atoms with E-state index < -0.39 is 0 Å². The van der Waals surface area contributed by atoms with E-state index in [4.69, 9.17) is 16.0 Å². The summed E-state index contributed by atoms with van der Waals surface area (Å²) in [6, 6.07) is 12.9. The Labute approximate surface area is 133 Å². The van der Waals surface area contributed by atoms with Gasteiger partial charge in [0, 0.05) is 24.1 Å². The fourth-order valence-electron chi connectivity index (χ4n) is 2.29. The van der Waals surface area contributed by atoms with Gasteiger partial charge in [-0.2, -0.15) is 0 Å². The summed E-state index contributed by atoms with van der Waals surface area (Å²) < 4.78 is 5.44. The molecule has 1 aromatic heterocycles. The molecule has 5 heteroatoms. The Hall–Kier alpha value is -2.33. The predicted octanol–water partition coefficient (Wildman–Crippen LogP) is 4.36. The summed E-state index contributed by atoms with van der Waals surface area (Å²) >= 11 is 5.89. The highest BCUT2D eigenvalue weighted by molar-refractivity contribution is 6.30. The van der Waals surface area contributed by atoms with Crippen molar-refractivity contribution in [2.45, 2.75) is 19.8 Å². The molecule has 1 heterocycles. The first-order valence-corrected chi connectivity index (χ1v) is 7.39. The van der Waals surface area contributed by atoms with Crippen LogP contribution in [0.25, 0.3) is 11.1 Å². The molecule has 0 aliphatic carbocycles. The van der Waals surface area contributed by atoms with Crippen molar-refractivity contribution in [3.63, 3.8) is 0 Å². The molecule has 1 amide bonds. The second-order valence-corrected chi connectivity index (χ2v) is 5.53.